The SMILES string of the molecule is CCOC(=O)CCCNC(=O)COc1ccc(Cl)cc1. The van der Waals surface area contributed by atoms with Crippen LogP contribution in [0.15, 0.2) is 24.3 Å². The molecule has 0 heterocycles. The van der Waals surface area contributed by atoms with Gasteiger partial charge in [0, 0.05) is 18.0 Å². The fourth-order valence-electron chi connectivity index (χ4n) is 1.42. The van der Waals surface area contributed by atoms with Crippen molar-refractivity contribution < 1.29 is 19.1 Å². The van der Waals surface area contributed by atoms with Crippen molar-refractivity contribution in [2.75, 3.05) is 19.8 Å². The van der Waals surface area contributed by atoms with Gasteiger partial charge in [0.25, 0.3) is 5.91 Å². The Balaban J connectivity index is 2.11. The van der Waals surface area contributed by atoms with E-state index in [-0.39, 0.29) is 18.5 Å². The van der Waals surface area contributed by atoms with Gasteiger partial charge in [-0.25, -0.2) is 0 Å². The molecule has 0 aliphatic heterocycles. The molecule has 0 aliphatic carbocycles. The van der Waals surface area contributed by atoms with E-state index in [1.165, 1.54) is 0 Å². The highest BCUT2D eigenvalue weighted by atomic mass is 35.5. The number of carbonyl (C=O) groups excluding carboxylic acids is 2. The maximum atomic E-state index is 11.5. The molecule has 1 amide bonds. The molecule has 0 radical (unpaired) electrons. The van der Waals surface area contributed by atoms with Crippen LogP contribution in [-0.2, 0) is 14.3 Å². The normalized spacial score (nSPS) is 9.90. The van der Waals surface area contributed by atoms with Gasteiger partial charge in [0.2, 0.25) is 0 Å². The number of ether oxygens (including phenoxy) is 2. The minimum absolute atomic E-state index is 0.0684. The zero-order chi connectivity index (χ0) is 14.8. The summed E-state index contributed by atoms with van der Waals surface area (Å²) in [5.41, 5.74) is 0. The molecule has 1 aromatic rings. The van der Waals surface area contributed by atoms with Gasteiger partial charge in [-0.15, -0.1) is 0 Å². The standard InChI is InChI=1S/C14H18ClNO4/c1-2-19-14(18)4-3-9-16-13(17)10-20-12-7-5-11(15)6-8-12/h5-8H,2-4,9-10H2,1H3,(H,16,17). The number of esters is 1. The van der Waals surface area contributed by atoms with E-state index in [1.54, 1.807) is 31.2 Å². The molecule has 0 atom stereocenters. The molecule has 6 heteroatoms. The van der Waals surface area contributed by atoms with Crippen molar-refractivity contribution in [1.82, 2.24) is 5.32 Å². The van der Waals surface area contributed by atoms with E-state index >= 15 is 0 Å². The molecule has 0 aromatic heterocycles. The average Bonchev–Trinajstić information content (AvgIpc) is 2.43. The van der Waals surface area contributed by atoms with Crippen molar-refractivity contribution in [1.29, 1.82) is 0 Å². The molecule has 1 N–H and O–H groups in total. The van der Waals surface area contributed by atoms with Crippen LogP contribution in [0.25, 0.3) is 0 Å². The largest absolute Gasteiger partial charge is 0.484 e. The highest BCUT2D eigenvalue weighted by molar-refractivity contribution is 6.30. The lowest BCUT2D eigenvalue weighted by molar-refractivity contribution is -0.143. The number of rotatable bonds is 8. The Morgan fingerprint density at radius 2 is 1.95 bits per heavy atom. The van der Waals surface area contributed by atoms with Gasteiger partial charge in [0.1, 0.15) is 5.75 Å². The molecular formula is C14H18ClNO4. The van der Waals surface area contributed by atoms with Crippen molar-refractivity contribution in [3.05, 3.63) is 29.3 Å². The summed E-state index contributed by atoms with van der Waals surface area (Å²) in [6, 6.07) is 6.76. The number of halogens is 1. The molecule has 0 saturated heterocycles. The van der Waals surface area contributed by atoms with Crippen LogP contribution in [0.4, 0.5) is 0 Å². The van der Waals surface area contributed by atoms with Gasteiger partial charge in [-0.05, 0) is 37.6 Å². The third kappa shape index (κ3) is 6.99. The summed E-state index contributed by atoms with van der Waals surface area (Å²) in [7, 11) is 0. The maximum Gasteiger partial charge on any atom is 0.305 e. The quantitative estimate of drug-likeness (QED) is 0.590. The summed E-state index contributed by atoms with van der Waals surface area (Å²) in [6.07, 6.45) is 0.845. The minimum Gasteiger partial charge on any atom is -0.484 e. The van der Waals surface area contributed by atoms with E-state index in [4.69, 9.17) is 21.1 Å². The van der Waals surface area contributed by atoms with Gasteiger partial charge < -0.3 is 14.8 Å². The van der Waals surface area contributed by atoms with E-state index in [0.717, 1.165) is 0 Å². The molecule has 0 bridgehead atoms. The second kappa shape index (κ2) is 9.20. The molecule has 5 nitrogen and oxygen atoms in total. The van der Waals surface area contributed by atoms with E-state index < -0.39 is 0 Å². The lowest BCUT2D eigenvalue weighted by atomic mass is 10.3. The van der Waals surface area contributed by atoms with Crippen molar-refractivity contribution in [2.45, 2.75) is 19.8 Å². The summed E-state index contributed by atoms with van der Waals surface area (Å²) < 4.78 is 10.1. The van der Waals surface area contributed by atoms with Gasteiger partial charge in [-0.2, -0.15) is 0 Å². The smallest absolute Gasteiger partial charge is 0.305 e. The van der Waals surface area contributed by atoms with Gasteiger partial charge in [-0.3, -0.25) is 9.59 Å². The average molecular weight is 300 g/mol. The van der Waals surface area contributed by atoms with Gasteiger partial charge >= 0.3 is 5.97 Å². The molecule has 0 fully saturated rings. The number of hydrogen-bond donors (Lipinski definition) is 1. The number of benzene rings is 1. The Hall–Kier alpha value is -1.75. The topological polar surface area (TPSA) is 64.6 Å². The Morgan fingerprint density at radius 3 is 2.60 bits per heavy atom. The van der Waals surface area contributed by atoms with Crippen LogP contribution in [0, 0.1) is 0 Å². The predicted octanol–water partition coefficient (Wildman–Crippen LogP) is 2.18. The lowest BCUT2D eigenvalue weighted by Gasteiger charge is -2.07. The van der Waals surface area contributed by atoms with E-state index in [1.807, 2.05) is 0 Å². The first-order valence-corrected chi connectivity index (χ1v) is 6.80. The van der Waals surface area contributed by atoms with Crippen LogP contribution in [0.3, 0.4) is 0 Å². The molecule has 20 heavy (non-hydrogen) atoms. The second-order valence-corrected chi connectivity index (χ2v) is 4.44. The molecule has 0 saturated carbocycles. The molecule has 0 aliphatic rings. The van der Waals surface area contributed by atoms with Crippen molar-refractivity contribution in [3.63, 3.8) is 0 Å². The molecule has 0 spiro atoms. The number of amides is 1. The van der Waals surface area contributed by atoms with Crippen LogP contribution in [0.1, 0.15) is 19.8 Å². The maximum absolute atomic E-state index is 11.5. The third-order valence-corrected chi connectivity index (χ3v) is 2.62. The summed E-state index contributed by atoms with van der Waals surface area (Å²) >= 11 is 5.73. The highest BCUT2D eigenvalue weighted by Gasteiger charge is 2.04. The monoisotopic (exact) mass is 299 g/mol. The van der Waals surface area contributed by atoms with Gasteiger partial charge in [0.05, 0.1) is 6.61 Å². The summed E-state index contributed by atoms with van der Waals surface area (Å²) in [5.74, 6) is 0.0963. The lowest BCUT2D eigenvalue weighted by Crippen LogP contribution is -2.30. The van der Waals surface area contributed by atoms with Crippen molar-refractivity contribution in [3.8, 4) is 5.75 Å². The van der Waals surface area contributed by atoms with Crippen LogP contribution >= 0.6 is 11.6 Å². The predicted molar refractivity (Wildman–Crippen MR) is 75.8 cm³/mol. The first-order chi connectivity index (χ1) is 9.61. The first kappa shape index (κ1) is 16.3. The number of carbonyl (C=O) groups is 2. The van der Waals surface area contributed by atoms with Crippen LogP contribution in [0.5, 0.6) is 5.75 Å². The van der Waals surface area contributed by atoms with Crippen LogP contribution in [-0.4, -0.2) is 31.6 Å². The van der Waals surface area contributed by atoms with Crippen LogP contribution in [0.2, 0.25) is 5.02 Å². The fourth-order valence-corrected chi connectivity index (χ4v) is 1.55. The van der Waals surface area contributed by atoms with E-state index in [9.17, 15) is 9.59 Å². The first-order valence-electron chi connectivity index (χ1n) is 6.42. The highest BCUT2D eigenvalue weighted by Crippen LogP contribution is 2.15. The molecule has 0 unspecified atom stereocenters. The van der Waals surface area contributed by atoms with Gasteiger partial charge in [-0.1, -0.05) is 11.6 Å². The van der Waals surface area contributed by atoms with E-state index in [2.05, 4.69) is 5.32 Å². The van der Waals surface area contributed by atoms with E-state index in [0.29, 0.717) is 36.8 Å². The fraction of sp³-hybridized carbons (Fsp3) is 0.429. The minimum atomic E-state index is -0.251. The molecule has 110 valence electrons. The second-order valence-electron chi connectivity index (χ2n) is 4.00. The molecular weight excluding hydrogens is 282 g/mol. The number of hydrogen-bond acceptors (Lipinski definition) is 4. The Morgan fingerprint density at radius 1 is 1.25 bits per heavy atom. The van der Waals surface area contributed by atoms with Gasteiger partial charge in [0.15, 0.2) is 6.61 Å². The number of nitrogens with one attached hydrogen (secondary N) is 1. The Kier molecular flexibility index (Phi) is 7.50. The Bertz CT molecular complexity index is 433. The zero-order valence-corrected chi connectivity index (χ0v) is 12.1. The summed E-state index contributed by atoms with van der Waals surface area (Å²) in [5, 5.41) is 3.28. The molecule has 1 rings (SSSR count). The van der Waals surface area contributed by atoms with Crippen molar-refractivity contribution in [2.24, 2.45) is 0 Å². The summed E-state index contributed by atoms with van der Waals surface area (Å²) in [6.45, 7) is 2.48. The third-order valence-electron chi connectivity index (χ3n) is 2.37. The zero-order valence-electron chi connectivity index (χ0n) is 11.4. The summed E-state index contributed by atoms with van der Waals surface area (Å²) in [4.78, 5) is 22.5. The van der Waals surface area contributed by atoms with Crippen molar-refractivity contribution >= 4 is 23.5 Å². The Labute approximate surface area is 123 Å². The molecule has 1 aromatic carbocycles. The van der Waals surface area contributed by atoms with Crippen LogP contribution < -0.4 is 10.1 Å².